The van der Waals surface area contributed by atoms with E-state index in [2.05, 4.69) is 66.2 Å². The second-order valence-electron chi connectivity index (χ2n) is 5.28. The third kappa shape index (κ3) is 1.95. The second-order valence-corrected chi connectivity index (χ2v) is 5.28. The Morgan fingerprint density at radius 1 is 1.16 bits per heavy atom. The van der Waals surface area contributed by atoms with Crippen molar-refractivity contribution >= 4 is 16.7 Å². The maximum atomic E-state index is 6.03. The van der Waals surface area contributed by atoms with Gasteiger partial charge in [0.2, 0.25) is 0 Å². The minimum atomic E-state index is 0.256. The lowest BCUT2D eigenvalue weighted by molar-refractivity contribution is 0.291. The van der Waals surface area contributed by atoms with E-state index in [1.807, 2.05) is 0 Å². The normalized spacial score (nSPS) is 19.2. The van der Waals surface area contributed by atoms with Gasteiger partial charge in [0.15, 0.2) is 5.96 Å². The maximum absolute atomic E-state index is 6.03. The number of nitrogens with zero attached hydrogens (tertiary/aromatic N) is 2. The van der Waals surface area contributed by atoms with Crippen molar-refractivity contribution in [2.24, 2.45) is 10.7 Å². The molecule has 3 rings (SSSR count). The van der Waals surface area contributed by atoms with Crippen LogP contribution in [0.15, 0.2) is 47.5 Å². The van der Waals surface area contributed by atoms with E-state index in [1.165, 1.54) is 16.3 Å². The van der Waals surface area contributed by atoms with Crippen LogP contribution in [0.5, 0.6) is 0 Å². The molecule has 3 heteroatoms. The number of hydrogen-bond donors (Lipinski definition) is 1. The van der Waals surface area contributed by atoms with Gasteiger partial charge in [-0.3, -0.25) is 4.99 Å². The molecule has 2 aromatic rings. The van der Waals surface area contributed by atoms with Crippen LogP contribution in [0.4, 0.5) is 0 Å². The molecule has 1 unspecified atom stereocenters. The summed E-state index contributed by atoms with van der Waals surface area (Å²) in [7, 11) is 0. The van der Waals surface area contributed by atoms with E-state index in [4.69, 9.17) is 5.73 Å². The minimum absolute atomic E-state index is 0.256. The molecule has 1 heterocycles. The van der Waals surface area contributed by atoms with E-state index in [9.17, 15) is 0 Å². The van der Waals surface area contributed by atoms with Crippen LogP contribution in [0.2, 0.25) is 0 Å². The van der Waals surface area contributed by atoms with Gasteiger partial charge in [0.25, 0.3) is 0 Å². The number of rotatable bonds is 2. The number of hydrogen-bond acceptors (Lipinski definition) is 3. The van der Waals surface area contributed by atoms with Crippen LogP contribution >= 0.6 is 0 Å². The fraction of sp³-hybridized carbons (Fsp3) is 0.312. The first-order valence-corrected chi connectivity index (χ1v) is 6.74. The molecule has 98 valence electrons. The van der Waals surface area contributed by atoms with Gasteiger partial charge in [0, 0.05) is 6.04 Å². The Bertz CT molecular complexity index is 625. The van der Waals surface area contributed by atoms with Crippen LogP contribution < -0.4 is 5.73 Å². The van der Waals surface area contributed by atoms with Crippen LogP contribution in [-0.2, 0) is 0 Å². The predicted molar refractivity (Wildman–Crippen MR) is 80.2 cm³/mol. The molecule has 1 atom stereocenters. The molecule has 0 fully saturated rings. The van der Waals surface area contributed by atoms with E-state index in [0.29, 0.717) is 12.0 Å². The minimum Gasteiger partial charge on any atom is -0.370 e. The average molecular weight is 253 g/mol. The van der Waals surface area contributed by atoms with Crippen LogP contribution in [0.25, 0.3) is 10.8 Å². The molecule has 0 aromatic heterocycles. The van der Waals surface area contributed by atoms with Crippen molar-refractivity contribution in [2.75, 3.05) is 6.54 Å². The summed E-state index contributed by atoms with van der Waals surface area (Å²) < 4.78 is 0. The van der Waals surface area contributed by atoms with Gasteiger partial charge in [-0.1, -0.05) is 42.5 Å². The van der Waals surface area contributed by atoms with Crippen molar-refractivity contribution in [1.82, 2.24) is 4.90 Å². The highest BCUT2D eigenvalue weighted by Gasteiger charge is 2.30. The van der Waals surface area contributed by atoms with Crippen molar-refractivity contribution in [3.05, 3.63) is 48.0 Å². The Morgan fingerprint density at radius 2 is 1.89 bits per heavy atom. The zero-order valence-electron chi connectivity index (χ0n) is 11.4. The molecule has 0 radical (unpaired) electrons. The van der Waals surface area contributed by atoms with Gasteiger partial charge in [0.05, 0.1) is 12.6 Å². The van der Waals surface area contributed by atoms with Gasteiger partial charge >= 0.3 is 0 Å². The highest BCUT2D eigenvalue weighted by molar-refractivity contribution is 5.88. The van der Waals surface area contributed by atoms with E-state index in [0.717, 1.165) is 6.54 Å². The molecule has 2 N–H and O–H groups in total. The summed E-state index contributed by atoms with van der Waals surface area (Å²) in [5.41, 5.74) is 7.34. The lowest BCUT2D eigenvalue weighted by Gasteiger charge is -2.31. The molecule has 0 amide bonds. The first-order chi connectivity index (χ1) is 9.18. The molecule has 0 saturated heterocycles. The molecule has 1 aliphatic rings. The van der Waals surface area contributed by atoms with Crippen LogP contribution in [0.1, 0.15) is 25.5 Å². The van der Waals surface area contributed by atoms with E-state index in [1.54, 1.807) is 0 Å². The molecule has 0 saturated carbocycles. The van der Waals surface area contributed by atoms with Crippen molar-refractivity contribution < 1.29 is 0 Å². The summed E-state index contributed by atoms with van der Waals surface area (Å²) in [6.07, 6.45) is 0. The lowest BCUT2D eigenvalue weighted by atomic mass is 9.97. The molecule has 1 aliphatic heterocycles. The molecule has 2 aromatic carbocycles. The molecule has 3 nitrogen and oxygen atoms in total. The number of nitrogens with two attached hydrogens (primary N) is 1. The van der Waals surface area contributed by atoms with E-state index in [-0.39, 0.29) is 6.04 Å². The Balaban J connectivity index is 2.10. The largest absolute Gasteiger partial charge is 0.370 e. The SMILES string of the molecule is CC(C)N1C(N)=NCC1c1cccc2ccccc12. The number of benzene rings is 2. The summed E-state index contributed by atoms with van der Waals surface area (Å²) in [6.45, 7) is 5.07. The molecule has 19 heavy (non-hydrogen) atoms. The monoisotopic (exact) mass is 253 g/mol. The van der Waals surface area contributed by atoms with Gasteiger partial charge in [-0.15, -0.1) is 0 Å². The van der Waals surface area contributed by atoms with Crippen LogP contribution in [0.3, 0.4) is 0 Å². The third-order valence-corrected chi connectivity index (χ3v) is 3.77. The quantitative estimate of drug-likeness (QED) is 0.894. The van der Waals surface area contributed by atoms with Crippen LogP contribution in [0, 0.1) is 0 Å². The van der Waals surface area contributed by atoms with Gasteiger partial charge < -0.3 is 10.6 Å². The average Bonchev–Trinajstić information content (AvgIpc) is 2.80. The van der Waals surface area contributed by atoms with Crippen molar-refractivity contribution in [3.8, 4) is 0 Å². The first-order valence-electron chi connectivity index (χ1n) is 6.74. The highest BCUT2D eigenvalue weighted by atomic mass is 15.3. The van der Waals surface area contributed by atoms with E-state index >= 15 is 0 Å². The van der Waals surface area contributed by atoms with Gasteiger partial charge in [-0.25, -0.2) is 0 Å². The zero-order valence-corrected chi connectivity index (χ0v) is 11.4. The predicted octanol–water partition coefficient (Wildman–Crippen LogP) is 2.92. The Kier molecular flexibility index (Phi) is 2.90. The summed E-state index contributed by atoms with van der Waals surface area (Å²) >= 11 is 0. The lowest BCUT2D eigenvalue weighted by Crippen LogP contribution is -2.41. The molecule has 0 spiro atoms. The van der Waals surface area contributed by atoms with Gasteiger partial charge in [0.1, 0.15) is 0 Å². The summed E-state index contributed by atoms with van der Waals surface area (Å²) in [4.78, 5) is 6.63. The molecular weight excluding hydrogens is 234 g/mol. The number of fused-ring (bicyclic) bond motifs is 1. The molecule has 0 aliphatic carbocycles. The Morgan fingerprint density at radius 3 is 2.68 bits per heavy atom. The summed E-state index contributed by atoms with van der Waals surface area (Å²) in [5.74, 6) is 0.660. The van der Waals surface area contributed by atoms with E-state index < -0.39 is 0 Å². The maximum Gasteiger partial charge on any atom is 0.192 e. The number of aliphatic imine (C=N–C) groups is 1. The van der Waals surface area contributed by atoms with Crippen molar-refractivity contribution in [3.63, 3.8) is 0 Å². The first kappa shape index (κ1) is 12.0. The fourth-order valence-corrected chi connectivity index (χ4v) is 2.92. The van der Waals surface area contributed by atoms with Crippen LogP contribution in [-0.4, -0.2) is 23.4 Å². The standard InChI is InChI=1S/C16H19N3/c1-11(2)19-15(10-18-16(19)17)14-9-5-7-12-6-3-4-8-13(12)14/h3-9,11,15H,10H2,1-2H3,(H2,17,18). The van der Waals surface area contributed by atoms with Gasteiger partial charge in [-0.05, 0) is 30.2 Å². The topological polar surface area (TPSA) is 41.6 Å². The number of guanidine groups is 1. The molecule has 0 bridgehead atoms. The Labute approximate surface area is 113 Å². The summed E-state index contributed by atoms with van der Waals surface area (Å²) in [6, 6.07) is 15.6. The molecular formula is C16H19N3. The van der Waals surface area contributed by atoms with Crippen molar-refractivity contribution in [1.29, 1.82) is 0 Å². The Hall–Kier alpha value is -2.03. The van der Waals surface area contributed by atoms with Crippen molar-refractivity contribution in [2.45, 2.75) is 25.9 Å². The fourth-order valence-electron chi connectivity index (χ4n) is 2.92. The second kappa shape index (κ2) is 4.57. The smallest absolute Gasteiger partial charge is 0.192 e. The third-order valence-electron chi connectivity index (χ3n) is 3.77. The summed E-state index contributed by atoms with van der Waals surface area (Å²) in [5, 5.41) is 2.57. The zero-order chi connectivity index (χ0) is 13.4. The van der Waals surface area contributed by atoms with Gasteiger partial charge in [-0.2, -0.15) is 0 Å². The highest BCUT2D eigenvalue weighted by Crippen LogP contribution is 2.32.